The number of nitrogens with zero attached hydrogens (tertiary/aromatic N) is 5. The first-order chi connectivity index (χ1) is 12.3. The van der Waals surface area contributed by atoms with E-state index in [1.807, 2.05) is 35.0 Å². The van der Waals surface area contributed by atoms with Crippen LogP contribution < -0.4 is 11.2 Å². The van der Waals surface area contributed by atoms with Crippen molar-refractivity contribution in [3.8, 4) is 11.3 Å². The quantitative estimate of drug-likeness (QED) is 0.544. The van der Waals surface area contributed by atoms with E-state index >= 15 is 0 Å². The van der Waals surface area contributed by atoms with Crippen molar-refractivity contribution in [1.82, 2.24) is 23.1 Å². The van der Waals surface area contributed by atoms with E-state index < -0.39 is 5.69 Å². The molecule has 0 N–H and O–H groups in total. The minimum absolute atomic E-state index is 0.107. The van der Waals surface area contributed by atoms with Crippen molar-refractivity contribution in [3.05, 3.63) is 56.3 Å². The zero-order valence-electron chi connectivity index (χ0n) is 14.9. The summed E-state index contributed by atoms with van der Waals surface area (Å²) in [4.78, 5) is 29.5. The fourth-order valence-electron chi connectivity index (χ4n) is 3.33. The molecule has 0 bridgehead atoms. The monoisotopic (exact) mass is 371 g/mol. The lowest BCUT2D eigenvalue weighted by Crippen LogP contribution is -2.37. The molecule has 0 spiro atoms. The van der Waals surface area contributed by atoms with Gasteiger partial charge in [-0.25, -0.2) is 4.79 Å². The smallest absolute Gasteiger partial charge is 0.307 e. The summed E-state index contributed by atoms with van der Waals surface area (Å²) in [5.74, 6) is 0.623. The maximum atomic E-state index is 12.7. The molecular formula is C18H18ClN5O2. The Kier molecular flexibility index (Phi) is 3.59. The first kappa shape index (κ1) is 16.7. The van der Waals surface area contributed by atoms with Gasteiger partial charge in [-0.1, -0.05) is 23.7 Å². The number of benzene rings is 1. The number of hydrogen-bond acceptors (Lipinski definition) is 3. The van der Waals surface area contributed by atoms with Gasteiger partial charge in [0.15, 0.2) is 11.2 Å². The molecule has 0 fully saturated rings. The largest absolute Gasteiger partial charge is 0.332 e. The third kappa shape index (κ3) is 2.17. The average molecular weight is 372 g/mol. The van der Waals surface area contributed by atoms with Crippen LogP contribution in [0.3, 0.4) is 0 Å². The topological polar surface area (TPSA) is 66.2 Å². The Labute approximate surface area is 153 Å². The van der Waals surface area contributed by atoms with Crippen LogP contribution in [0.5, 0.6) is 0 Å². The molecular weight excluding hydrogens is 354 g/mol. The SMILES string of the molecule is CC(C)n1c(-c2ccc(Cl)cc2)cn2c3c(=O)n(C)c(=O)n(C)c3nc12. The van der Waals surface area contributed by atoms with E-state index in [1.54, 1.807) is 11.4 Å². The van der Waals surface area contributed by atoms with Crippen molar-refractivity contribution in [2.45, 2.75) is 19.9 Å². The molecule has 0 saturated carbocycles. The predicted molar refractivity (Wildman–Crippen MR) is 102 cm³/mol. The van der Waals surface area contributed by atoms with Crippen LogP contribution in [0, 0.1) is 0 Å². The Balaban J connectivity index is 2.17. The van der Waals surface area contributed by atoms with Gasteiger partial charge in [0.25, 0.3) is 5.56 Å². The van der Waals surface area contributed by atoms with Crippen molar-refractivity contribution in [1.29, 1.82) is 0 Å². The fraction of sp³-hybridized carbons (Fsp3) is 0.278. The summed E-state index contributed by atoms with van der Waals surface area (Å²) in [6.07, 6.45) is 1.89. The Morgan fingerprint density at radius 1 is 1.04 bits per heavy atom. The standard InChI is InChI=1S/C18H18ClN5O2/c1-10(2)24-13(11-5-7-12(19)8-6-11)9-23-14-15(20-17(23)24)21(3)18(26)22(4)16(14)25/h5-10H,1-4H3. The van der Waals surface area contributed by atoms with Crippen LogP contribution in [0.15, 0.2) is 40.1 Å². The van der Waals surface area contributed by atoms with Crippen LogP contribution in [0.1, 0.15) is 19.9 Å². The van der Waals surface area contributed by atoms with Crippen molar-refractivity contribution in [2.75, 3.05) is 0 Å². The summed E-state index contributed by atoms with van der Waals surface area (Å²) in [5.41, 5.74) is 1.92. The Morgan fingerprint density at radius 3 is 2.31 bits per heavy atom. The molecule has 3 aromatic heterocycles. The van der Waals surface area contributed by atoms with Gasteiger partial charge in [-0.3, -0.25) is 18.3 Å². The highest BCUT2D eigenvalue weighted by Gasteiger charge is 2.21. The first-order valence-corrected chi connectivity index (χ1v) is 8.64. The molecule has 8 heteroatoms. The molecule has 0 radical (unpaired) electrons. The maximum Gasteiger partial charge on any atom is 0.332 e. The van der Waals surface area contributed by atoms with Crippen LogP contribution in [0.4, 0.5) is 0 Å². The van der Waals surface area contributed by atoms with E-state index in [9.17, 15) is 9.59 Å². The fourth-order valence-corrected chi connectivity index (χ4v) is 3.46. The van der Waals surface area contributed by atoms with E-state index in [0.717, 1.165) is 15.8 Å². The van der Waals surface area contributed by atoms with Crippen LogP contribution in [0.25, 0.3) is 28.2 Å². The molecule has 4 aromatic rings. The summed E-state index contributed by atoms with van der Waals surface area (Å²) in [6, 6.07) is 7.64. The van der Waals surface area contributed by atoms with Crippen molar-refractivity contribution < 1.29 is 0 Å². The van der Waals surface area contributed by atoms with Gasteiger partial charge in [-0.05, 0) is 31.5 Å². The number of aryl methyl sites for hydroxylation is 1. The molecule has 0 saturated heterocycles. The van der Waals surface area contributed by atoms with Gasteiger partial charge < -0.3 is 4.57 Å². The number of aromatic nitrogens is 5. The molecule has 134 valence electrons. The molecule has 0 amide bonds. The Bertz CT molecular complexity index is 1270. The van der Waals surface area contributed by atoms with E-state index in [4.69, 9.17) is 11.6 Å². The van der Waals surface area contributed by atoms with E-state index in [2.05, 4.69) is 18.8 Å². The zero-order chi connectivity index (χ0) is 18.7. The van der Waals surface area contributed by atoms with Crippen LogP contribution in [-0.4, -0.2) is 23.1 Å². The number of imidazole rings is 2. The summed E-state index contributed by atoms with van der Waals surface area (Å²) in [6.45, 7) is 4.10. The highest BCUT2D eigenvalue weighted by atomic mass is 35.5. The molecule has 26 heavy (non-hydrogen) atoms. The Morgan fingerprint density at radius 2 is 1.69 bits per heavy atom. The van der Waals surface area contributed by atoms with Gasteiger partial charge in [0.1, 0.15) is 0 Å². The molecule has 0 unspecified atom stereocenters. The minimum Gasteiger partial charge on any atom is -0.307 e. The lowest BCUT2D eigenvalue weighted by Gasteiger charge is -2.12. The van der Waals surface area contributed by atoms with Gasteiger partial charge in [0, 0.05) is 31.4 Å². The van der Waals surface area contributed by atoms with Crippen LogP contribution in [-0.2, 0) is 14.1 Å². The van der Waals surface area contributed by atoms with Crippen molar-refractivity contribution >= 4 is 28.5 Å². The zero-order valence-corrected chi connectivity index (χ0v) is 15.7. The van der Waals surface area contributed by atoms with Gasteiger partial charge in [0.05, 0.1) is 5.69 Å². The number of fused-ring (bicyclic) bond motifs is 3. The van der Waals surface area contributed by atoms with Crippen LogP contribution >= 0.6 is 11.6 Å². The van der Waals surface area contributed by atoms with Gasteiger partial charge in [0.2, 0.25) is 5.78 Å². The summed E-state index contributed by atoms with van der Waals surface area (Å²) in [7, 11) is 3.10. The molecule has 0 aliphatic carbocycles. The van der Waals surface area contributed by atoms with E-state index in [1.165, 1.54) is 11.6 Å². The van der Waals surface area contributed by atoms with Crippen molar-refractivity contribution in [2.24, 2.45) is 14.1 Å². The average Bonchev–Trinajstić information content (AvgIpc) is 3.14. The first-order valence-electron chi connectivity index (χ1n) is 8.26. The van der Waals surface area contributed by atoms with Gasteiger partial charge in [-0.2, -0.15) is 4.98 Å². The molecule has 0 atom stereocenters. The predicted octanol–water partition coefficient (Wildman–Crippen LogP) is 2.59. The van der Waals surface area contributed by atoms with E-state index in [-0.39, 0.29) is 11.6 Å². The second-order valence-electron chi connectivity index (χ2n) is 6.64. The maximum absolute atomic E-state index is 12.7. The lowest BCUT2D eigenvalue weighted by atomic mass is 10.1. The third-order valence-corrected chi connectivity index (χ3v) is 4.91. The summed E-state index contributed by atoms with van der Waals surface area (Å²) < 4.78 is 6.32. The number of halogens is 1. The second-order valence-corrected chi connectivity index (χ2v) is 7.08. The van der Waals surface area contributed by atoms with Gasteiger partial charge >= 0.3 is 5.69 Å². The lowest BCUT2D eigenvalue weighted by molar-refractivity contribution is 0.621. The number of rotatable bonds is 2. The van der Waals surface area contributed by atoms with E-state index in [0.29, 0.717) is 22.0 Å². The molecule has 3 heterocycles. The Hall–Kier alpha value is -2.80. The molecule has 7 nitrogen and oxygen atoms in total. The van der Waals surface area contributed by atoms with Crippen LogP contribution in [0.2, 0.25) is 5.02 Å². The minimum atomic E-state index is -0.391. The summed E-state index contributed by atoms with van der Waals surface area (Å²) in [5, 5.41) is 0.662. The van der Waals surface area contributed by atoms with Gasteiger partial charge in [-0.15, -0.1) is 0 Å². The molecule has 1 aromatic carbocycles. The molecule has 4 rings (SSSR count). The number of hydrogen-bond donors (Lipinski definition) is 0. The third-order valence-electron chi connectivity index (χ3n) is 4.66. The normalized spacial score (nSPS) is 11.9. The highest BCUT2D eigenvalue weighted by molar-refractivity contribution is 6.30. The summed E-state index contributed by atoms with van der Waals surface area (Å²) >= 11 is 6.01. The van der Waals surface area contributed by atoms with Crippen molar-refractivity contribution in [3.63, 3.8) is 0 Å². The molecule has 0 aliphatic rings. The second kappa shape index (κ2) is 5.60. The molecule has 0 aliphatic heterocycles. The highest BCUT2D eigenvalue weighted by Crippen LogP contribution is 2.29.